The zero-order chi connectivity index (χ0) is 5.70. The van der Waals surface area contributed by atoms with Crippen LogP contribution in [0.1, 0.15) is 0 Å². The molecule has 3 heteroatoms. The molecule has 0 radical (unpaired) electrons. The van der Waals surface area contributed by atoms with Crippen LogP contribution in [0.3, 0.4) is 0 Å². The maximum atomic E-state index is 4.82. The molecule has 0 aromatic heterocycles. The van der Waals surface area contributed by atoms with Gasteiger partial charge >= 0.3 is 0 Å². The fraction of sp³-hybridized carbons (Fsp3) is 0.500. The van der Waals surface area contributed by atoms with E-state index in [9.17, 15) is 0 Å². The molecule has 0 fully saturated rings. The van der Waals surface area contributed by atoms with Crippen LogP contribution < -0.4 is 0 Å². The van der Waals surface area contributed by atoms with Crippen molar-refractivity contribution >= 4 is 31.9 Å². The number of halogens is 2. The number of methoxy groups -OCH3 is 1. The van der Waals surface area contributed by atoms with Gasteiger partial charge < -0.3 is 4.74 Å². The summed E-state index contributed by atoms with van der Waals surface area (Å²) >= 11 is 6.33. The van der Waals surface area contributed by atoms with Crippen molar-refractivity contribution in [1.82, 2.24) is 0 Å². The minimum Gasteiger partial charge on any atom is -0.500 e. The second-order valence-corrected chi connectivity index (χ2v) is 1.93. The quantitative estimate of drug-likeness (QED) is 0.522. The highest BCUT2D eigenvalue weighted by molar-refractivity contribution is 9.11. The van der Waals surface area contributed by atoms with Gasteiger partial charge in [0.2, 0.25) is 0 Å². The number of rotatable bonds is 2. The third-order valence-corrected chi connectivity index (χ3v) is 1.58. The van der Waals surface area contributed by atoms with E-state index in [1.54, 1.807) is 12.1 Å². The molecule has 1 nitrogen and oxygen atoms in total. The van der Waals surface area contributed by atoms with Gasteiger partial charge in [-0.3, -0.25) is 0 Å². The van der Waals surface area contributed by atoms with E-state index in [1.807, 2.05) is 0 Å². The normalized spacial score (nSPS) is 11.6. The standard InChI is InChI=1S/C4H6Br2O/c1-7-4(2-5)3-6/h2H,3H2,1H3/b4-2+. The van der Waals surface area contributed by atoms with E-state index >= 15 is 0 Å². The molecule has 0 aliphatic rings. The molecule has 0 atom stereocenters. The fourth-order valence-electron chi connectivity index (χ4n) is 0.128. The summed E-state index contributed by atoms with van der Waals surface area (Å²) in [7, 11) is 1.63. The van der Waals surface area contributed by atoms with Crippen LogP contribution in [-0.4, -0.2) is 12.4 Å². The molecule has 0 saturated heterocycles. The van der Waals surface area contributed by atoms with Crippen molar-refractivity contribution in [2.24, 2.45) is 0 Å². The Hall–Kier alpha value is 0.500. The van der Waals surface area contributed by atoms with Crippen molar-refractivity contribution in [1.29, 1.82) is 0 Å². The predicted molar refractivity (Wildman–Crippen MR) is 37.8 cm³/mol. The van der Waals surface area contributed by atoms with Crippen molar-refractivity contribution in [3.05, 3.63) is 10.7 Å². The lowest BCUT2D eigenvalue weighted by atomic mass is 10.7. The number of hydrogen-bond donors (Lipinski definition) is 0. The summed E-state index contributed by atoms with van der Waals surface area (Å²) in [4.78, 5) is 1.74. The van der Waals surface area contributed by atoms with Crippen LogP contribution in [0.25, 0.3) is 0 Å². The zero-order valence-electron chi connectivity index (χ0n) is 3.95. The summed E-state index contributed by atoms with van der Waals surface area (Å²) in [5.41, 5.74) is 0. The monoisotopic (exact) mass is 228 g/mol. The Morgan fingerprint density at radius 1 is 1.86 bits per heavy atom. The first-order valence-corrected chi connectivity index (χ1v) is 3.78. The van der Waals surface area contributed by atoms with Gasteiger partial charge in [0, 0.05) is 4.99 Å². The molecule has 7 heavy (non-hydrogen) atoms. The molecule has 0 heterocycles. The van der Waals surface area contributed by atoms with Gasteiger partial charge in [-0.15, -0.1) is 0 Å². The molecule has 42 valence electrons. The first-order valence-electron chi connectivity index (χ1n) is 1.74. The molecule has 0 aliphatic heterocycles. The second-order valence-electron chi connectivity index (χ2n) is 0.913. The van der Waals surface area contributed by atoms with Crippen molar-refractivity contribution in [2.45, 2.75) is 0 Å². The van der Waals surface area contributed by atoms with Gasteiger partial charge in [0.25, 0.3) is 0 Å². The van der Waals surface area contributed by atoms with Gasteiger partial charge in [0.15, 0.2) is 0 Å². The van der Waals surface area contributed by atoms with Gasteiger partial charge in [-0.25, -0.2) is 0 Å². The van der Waals surface area contributed by atoms with Crippen LogP contribution in [0, 0.1) is 0 Å². The van der Waals surface area contributed by atoms with Crippen LogP contribution in [0.5, 0.6) is 0 Å². The van der Waals surface area contributed by atoms with Crippen molar-refractivity contribution < 1.29 is 4.74 Å². The summed E-state index contributed by atoms with van der Waals surface area (Å²) in [6.45, 7) is 0. The molecule has 0 unspecified atom stereocenters. The number of alkyl halides is 1. The Morgan fingerprint density at radius 2 is 2.43 bits per heavy atom. The summed E-state index contributed by atoms with van der Waals surface area (Å²) in [5, 5.41) is 0.759. The number of ether oxygens (including phenoxy) is 1. The van der Waals surface area contributed by atoms with E-state index < -0.39 is 0 Å². The second kappa shape index (κ2) is 4.65. The maximum Gasteiger partial charge on any atom is 0.113 e. The highest BCUT2D eigenvalue weighted by Crippen LogP contribution is 2.01. The molecule has 0 bridgehead atoms. The summed E-state index contributed by atoms with van der Waals surface area (Å²) in [5.74, 6) is 0.889. The third kappa shape index (κ3) is 3.12. The van der Waals surface area contributed by atoms with Gasteiger partial charge in [-0.2, -0.15) is 0 Å². The Balaban J connectivity index is 3.38. The van der Waals surface area contributed by atoms with Gasteiger partial charge in [-0.1, -0.05) is 31.9 Å². The van der Waals surface area contributed by atoms with Crippen LogP contribution in [0.15, 0.2) is 10.7 Å². The lowest BCUT2D eigenvalue weighted by molar-refractivity contribution is 0.298. The molecular weight excluding hydrogens is 224 g/mol. The van der Waals surface area contributed by atoms with Crippen molar-refractivity contribution in [2.75, 3.05) is 12.4 Å². The van der Waals surface area contributed by atoms with Crippen LogP contribution in [0.4, 0.5) is 0 Å². The molecule has 0 spiro atoms. The van der Waals surface area contributed by atoms with E-state index in [4.69, 9.17) is 4.74 Å². The van der Waals surface area contributed by atoms with Crippen molar-refractivity contribution in [3.8, 4) is 0 Å². The first kappa shape index (κ1) is 7.50. The van der Waals surface area contributed by atoms with Crippen LogP contribution in [0.2, 0.25) is 0 Å². The topological polar surface area (TPSA) is 9.23 Å². The summed E-state index contributed by atoms with van der Waals surface area (Å²) in [6, 6.07) is 0. The fourth-order valence-corrected chi connectivity index (χ4v) is 1.30. The SMILES string of the molecule is CO/C(=C/Br)CBr. The third-order valence-electron chi connectivity index (χ3n) is 0.516. The molecule has 0 saturated carbocycles. The maximum absolute atomic E-state index is 4.82. The highest BCUT2D eigenvalue weighted by atomic mass is 79.9. The first-order chi connectivity index (χ1) is 3.35. The minimum atomic E-state index is 0.759. The van der Waals surface area contributed by atoms with Crippen molar-refractivity contribution in [3.63, 3.8) is 0 Å². The number of allylic oxidation sites excluding steroid dienone is 1. The highest BCUT2D eigenvalue weighted by Gasteiger charge is 1.85. The average molecular weight is 230 g/mol. The van der Waals surface area contributed by atoms with E-state index in [-0.39, 0.29) is 0 Å². The largest absolute Gasteiger partial charge is 0.500 e. The molecule has 0 aliphatic carbocycles. The van der Waals surface area contributed by atoms with E-state index in [2.05, 4.69) is 31.9 Å². The Kier molecular flexibility index (Phi) is 4.99. The Bertz CT molecular complexity index is 64.1. The molecule has 0 amide bonds. The van der Waals surface area contributed by atoms with E-state index in [1.165, 1.54) is 0 Å². The minimum absolute atomic E-state index is 0.759. The lowest BCUT2D eigenvalue weighted by Gasteiger charge is -1.95. The zero-order valence-corrected chi connectivity index (χ0v) is 7.12. The van der Waals surface area contributed by atoms with Gasteiger partial charge in [-0.05, 0) is 0 Å². The molecule has 0 N–H and O–H groups in total. The summed E-state index contributed by atoms with van der Waals surface area (Å²) < 4.78 is 4.82. The lowest BCUT2D eigenvalue weighted by Crippen LogP contribution is -1.83. The van der Waals surface area contributed by atoms with Crippen LogP contribution >= 0.6 is 31.9 Å². The summed E-state index contributed by atoms with van der Waals surface area (Å²) in [6.07, 6.45) is 0. The Morgan fingerprint density at radius 3 is 2.43 bits per heavy atom. The van der Waals surface area contributed by atoms with Gasteiger partial charge in [0.1, 0.15) is 5.76 Å². The molecule has 0 rings (SSSR count). The molecular formula is C4H6Br2O. The Labute approximate surface area is 60.0 Å². The predicted octanol–water partition coefficient (Wildman–Crippen LogP) is 2.26. The van der Waals surface area contributed by atoms with Gasteiger partial charge in [0.05, 0.1) is 12.4 Å². The molecule has 0 aromatic rings. The average Bonchev–Trinajstić information content (AvgIpc) is 1.72. The van der Waals surface area contributed by atoms with E-state index in [0.717, 1.165) is 11.1 Å². The number of hydrogen-bond acceptors (Lipinski definition) is 1. The van der Waals surface area contributed by atoms with E-state index in [0.29, 0.717) is 0 Å². The smallest absolute Gasteiger partial charge is 0.113 e. The van der Waals surface area contributed by atoms with Crippen LogP contribution in [-0.2, 0) is 4.74 Å². The molecule has 0 aromatic carbocycles.